The smallest absolute Gasteiger partial charge is 0.168 e. The molecule has 148 valence electrons. The van der Waals surface area contributed by atoms with E-state index >= 15 is 0 Å². The zero-order valence-corrected chi connectivity index (χ0v) is 17.1. The molecule has 7 nitrogen and oxygen atoms in total. The monoisotopic (exact) mass is 397 g/mol. The summed E-state index contributed by atoms with van der Waals surface area (Å²) in [5, 5.41) is 14.8. The molecular weight excluding hydrogens is 370 g/mol. The second-order valence-corrected chi connectivity index (χ2v) is 8.28. The summed E-state index contributed by atoms with van der Waals surface area (Å²) in [6, 6.07) is 8.71. The van der Waals surface area contributed by atoms with Crippen molar-refractivity contribution >= 4 is 11.3 Å². The zero-order chi connectivity index (χ0) is 19.2. The molecule has 0 bridgehead atoms. The molecule has 8 heteroatoms. The molecule has 0 N–H and O–H groups in total. The molecule has 1 saturated heterocycles. The third-order valence-electron chi connectivity index (χ3n) is 5.31. The normalized spacial score (nSPS) is 17.0. The fourth-order valence-electron chi connectivity index (χ4n) is 3.84. The second kappa shape index (κ2) is 9.36. The van der Waals surface area contributed by atoms with Crippen LogP contribution in [0, 0.1) is 0 Å². The van der Waals surface area contributed by atoms with Gasteiger partial charge < -0.3 is 0 Å². The van der Waals surface area contributed by atoms with Gasteiger partial charge in [0.25, 0.3) is 0 Å². The number of rotatable bonds is 8. The van der Waals surface area contributed by atoms with Crippen molar-refractivity contribution in [1.29, 1.82) is 0 Å². The Morgan fingerprint density at radius 2 is 1.89 bits per heavy atom. The van der Waals surface area contributed by atoms with Crippen LogP contribution in [0.2, 0.25) is 0 Å². The molecule has 0 aromatic carbocycles. The van der Waals surface area contributed by atoms with Crippen molar-refractivity contribution in [3.8, 4) is 0 Å². The fraction of sp³-hybridized carbons (Fsp3) is 0.500. The number of aromatic nitrogens is 5. The van der Waals surface area contributed by atoms with Crippen LogP contribution in [0.5, 0.6) is 0 Å². The summed E-state index contributed by atoms with van der Waals surface area (Å²) in [5.41, 5.74) is 1.33. The fourth-order valence-corrected chi connectivity index (χ4v) is 4.53. The molecule has 0 saturated carbocycles. The molecule has 1 atom stereocenters. The van der Waals surface area contributed by atoms with E-state index in [1.54, 1.807) is 11.3 Å². The first kappa shape index (κ1) is 19.2. The molecule has 1 aliphatic heterocycles. The first-order valence-electron chi connectivity index (χ1n) is 9.97. The van der Waals surface area contributed by atoms with Crippen LogP contribution in [0.1, 0.15) is 42.1 Å². The highest BCUT2D eigenvalue weighted by Crippen LogP contribution is 2.26. The van der Waals surface area contributed by atoms with E-state index in [4.69, 9.17) is 0 Å². The Hall–Kier alpha value is -2.16. The number of pyridine rings is 1. The molecule has 0 radical (unpaired) electrons. The third kappa shape index (κ3) is 4.63. The van der Waals surface area contributed by atoms with Gasteiger partial charge >= 0.3 is 0 Å². The average Bonchev–Trinajstić information content (AvgIpc) is 3.40. The highest BCUT2D eigenvalue weighted by Gasteiger charge is 2.28. The number of piperazine rings is 1. The molecule has 4 heterocycles. The summed E-state index contributed by atoms with van der Waals surface area (Å²) < 4.78 is 1.98. The van der Waals surface area contributed by atoms with Crippen LogP contribution in [0.3, 0.4) is 0 Å². The zero-order valence-electron chi connectivity index (χ0n) is 16.3. The van der Waals surface area contributed by atoms with Gasteiger partial charge in [0.1, 0.15) is 0 Å². The Labute approximate surface area is 170 Å². The first-order chi connectivity index (χ1) is 13.8. The predicted octanol–water partition coefficient (Wildman–Crippen LogP) is 2.84. The maximum atomic E-state index is 4.42. The summed E-state index contributed by atoms with van der Waals surface area (Å²) in [5.74, 6) is 0.998. The van der Waals surface area contributed by atoms with Crippen LogP contribution in [0.15, 0.2) is 42.0 Å². The lowest BCUT2D eigenvalue weighted by Gasteiger charge is -2.38. The summed E-state index contributed by atoms with van der Waals surface area (Å²) in [4.78, 5) is 10.5. The minimum atomic E-state index is 0.281. The predicted molar refractivity (Wildman–Crippen MR) is 110 cm³/mol. The number of hydrogen-bond donors (Lipinski definition) is 0. The van der Waals surface area contributed by atoms with E-state index in [0.29, 0.717) is 0 Å². The lowest BCUT2D eigenvalue weighted by molar-refractivity contribution is 0.0821. The van der Waals surface area contributed by atoms with Crippen molar-refractivity contribution in [3.63, 3.8) is 0 Å². The Balaban J connectivity index is 1.41. The first-order valence-corrected chi connectivity index (χ1v) is 10.8. The van der Waals surface area contributed by atoms with E-state index in [1.807, 2.05) is 17.1 Å². The molecule has 3 aromatic rings. The molecule has 1 fully saturated rings. The van der Waals surface area contributed by atoms with Crippen LogP contribution < -0.4 is 0 Å². The Bertz CT molecular complexity index is 825. The maximum absolute atomic E-state index is 4.42. The van der Waals surface area contributed by atoms with Gasteiger partial charge in [0, 0.05) is 50.0 Å². The summed E-state index contributed by atoms with van der Waals surface area (Å²) in [7, 11) is 0. The molecule has 4 rings (SSSR count). The lowest BCUT2D eigenvalue weighted by atomic mass is 10.1. The number of thiophene rings is 1. The van der Waals surface area contributed by atoms with Crippen LogP contribution in [-0.2, 0) is 13.1 Å². The summed E-state index contributed by atoms with van der Waals surface area (Å²) >= 11 is 1.75. The molecule has 0 spiro atoms. The second-order valence-electron chi connectivity index (χ2n) is 7.25. The maximum Gasteiger partial charge on any atom is 0.168 e. The summed E-state index contributed by atoms with van der Waals surface area (Å²) in [6.45, 7) is 8.19. The van der Waals surface area contributed by atoms with Crippen LogP contribution in [-0.4, -0.2) is 61.2 Å². The van der Waals surface area contributed by atoms with Gasteiger partial charge in [-0.2, -0.15) is 0 Å². The Morgan fingerprint density at radius 1 is 1.07 bits per heavy atom. The van der Waals surface area contributed by atoms with E-state index < -0.39 is 0 Å². The molecule has 0 amide bonds. The van der Waals surface area contributed by atoms with Crippen molar-refractivity contribution in [3.05, 3.63) is 58.3 Å². The van der Waals surface area contributed by atoms with Crippen LogP contribution in [0.25, 0.3) is 0 Å². The van der Waals surface area contributed by atoms with Crippen molar-refractivity contribution in [2.24, 2.45) is 0 Å². The molecule has 0 aliphatic carbocycles. The molecule has 3 aromatic heterocycles. The van der Waals surface area contributed by atoms with E-state index in [9.17, 15) is 0 Å². The van der Waals surface area contributed by atoms with Gasteiger partial charge in [0.05, 0.1) is 12.6 Å². The minimum Gasteiger partial charge on any atom is -0.297 e. The van der Waals surface area contributed by atoms with E-state index in [2.05, 4.69) is 66.9 Å². The molecular formula is C20H27N7S. The largest absolute Gasteiger partial charge is 0.297 e. The van der Waals surface area contributed by atoms with Gasteiger partial charge in [-0.15, -0.1) is 16.4 Å². The molecule has 1 aliphatic rings. The lowest BCUT2D eigenvalue weighted by Crippen LogP contribution is -2.47. The van der Waals surface area contributed by atoms with Gasteiger partial charge in [-0.1, -0.05) is 19.4 Å². The number of tetrazole rings is 1. The van der Waals surface area contributed by atoms with Gasteiger partial charge in [-0.05, 0) is 46.0 Å². The van der Waals surface area contributed by atoms with Crippen molar-refractivity contribution < 1.29 is 0 Å². The topological polar surface area (TPSA) is 63.0 Å². The van der Waals surface area contributed by atoms with Crippen LogP contribution >= 0.6 is 11.3 Å². The van der Waals surface area contributed by atoms with Crippen molar-refractivity contribution in [2.75, 3.05) is 26.2 Å². The molecule has 28 heavy (non-hydrogen) atoms. The SMILES string of the molecule is CCCC(c1nnnn1Cc1cccs1)N1CCN(Cc2ccncc2)CC1. The standard InChI is InChI=1S/C20H27N7S/c1-2-4-19(20-22-23-24-27(20)16-18-5-3-14-28-18)26-12-10-25(11-13-26)15-17-6-8-21-9-7-17/h3,5-9,14,19H,2,4,10-13,15-16H2,1H3. The Kier molecular flexibility index (Phi) is 6.41. The van der Waals surface area contributed by atoms with Gasteiger partial charge in [-0.3, -0.25) is 14.8 Å². The van der Waals surface area contributed by atoms with E-state index in [0.717, 1.165) is 57.9 Å². The quantitative estimate of drug-likeness (QED) is 0.582. The Morgan fingerprint density at radius 3 is 2.61 bits per heavy atom. The highest BCUT2D eigenvalue weighted by atomic mass is 32.1. The number of nitrogens with zero attached hydrogens (tertiary/aromatic N) is 7. The number of hydrogen-bond acceptors (Lipinski definition) is 7. The van der Waals surface area contributed by atoms with Crippen LogP contribution in [0.4, 0.5) is 0 Å². The van der Waals surface area contributed by atoms with Gasteiger partial charge in [0.2, 0.25) is 0 Å². The highest BCUT2D eigenvalue weighted by molar-refractivity contribution is 7.09. The van der Waals surface area contributed by atoms with Crippen molar-refractivity contribution in [2.45, 2.75) is 38.9 Å². The van der Waals surface area contributed by atoms with Gasteiger partial charge in [0.15, 0.2) is 5.82 Å². The summed E-state index contributed by atoms with van der Waals surface area (Å²) in [6.07, 6.45) is 5.94. The van der Waals surface area contributed by atoms with Gasteiger partial charge in [-0.25, -0.2) is 4.68 Å². The average molecular weight is 398 g/mol. The van der Waals surface area contributed by atoms with E-state index in [1.165, 1.54) is 10.4 Å². The minimum absolute atomic E-state index is 0.281. The van der Waals surface area contributed by atoms with Crippen molar-refractivity contribution in [1.82, 2.24) is 35.0 Å². The third-order valence-corrected chi connectivity index (χ3v) is 6.17. The molecule has 1 unspecified atom stereocenters. The van der Waals surface area contributed by atoms with E-state index in [-0.39, 0.29) is 6.04 Å².